The number of non-ortho nitro benzene ring substituents is 1. The fraction of sp³-hybridized carbons (Fsp3) is 0.556. The van der Waals surface area contributed by atoms with Crippen molar-refractivity contribution in [1.29, 1.82) is 0 Å². The third-order valence-electron chi connectivity index (χ3n) is 4.22. The van der Waals surface area contributed by atoms with Crippen molar-refractivity contribution in [3.8, 4) is 0 Å². The molecule has 0 radical (unpaired) electrons. The lowest BCUT2D eigenvalue weighted by Gasteiger charge is -2.32. The molecule has 0 spiro atoms. The Labute approximate surface area is 176 Å². The Morgan fingerprint density at radius 1 is 1.36 bits per heavy atom. The van der Waals surface area contributed by atoms with Crippen LogP contribution in [0.2, 0.25) is 5.02 Å². The van der Waals surface area contributed by atoms with Gasteiger partial charge in [0.05, 0.1) is 15.5 Å². The van der Waals surface area contributed by atoms with E-state index in [1.54, 1.807) is 11.9 Å². The average molecular weight is 435 g/mol. The summed E-state index contributed by atoms with van der Waals surface area (Å²) in [4.78, 5) is 37.1. The molecule has 1 atom stereocenters. The average Bonchev–Trinajstić information content (AvgIpc) is 2.57. The van der Waals surface area contributed by atoms with Crippen molar-refractivity contribution in [2.24, 2.45) is 17.1 Å². The van der Waals surface area contributed by atoms with Crippen LogP contribution in [-0.2, 0) is 4.79 Å². The van der Waals surface area contributed by atoms with Gasteiger partial charge in [-0.05, 0) is 23.9 Å². The molecule has 0 aliphatic rings. The lowest BCUT2D eigenvalue weighted by molar-refractivity contribution is -0.384. The third-order valence-corrected chi connectivity index (χ3v) is 4.53. The number of amides is 2. The van der Waals surface area contributed by atoms with Crippen LogP contribution in [0.1, 0.15) is 38.1 Å². The lowest BCUT2D eigenvalue weighted by atomic mass is 9.92. The molecule has 0 aromatic heterocycles. The summed E-state index contributed by atoms with van der Waals surface area (Å²) in [5, 5.41) is 13.4. The Hall–Kier alpha value is -1.90. The number of benzene rings is 1. The molecular formula is C18H28Cl2N4O4. The van der Waals surface area contributed by atoms with Crippen molar-refractivity contribution < 1.29 is 14.5 Å². The maximum Gasteiger partial charge on any atom is 0.270 e. The van der Waals surface area contributed by atoms with E-state index in [0.29, 0.717) is 13.1 Å². The second-order valence-corrected chi connectivity index (χ2v) is 8.09. The van der Waals surface area contributed by atoms with Gasteiger partial charge in [-0.1, -0.05) is 39.3 Å². The van der Waals surface area contributed by atoms with Crippen molar-refractivity contribution in [2.45, 2.75) is 33.7 Å². The molecule has 2 amide bonds. The highest BCUT2D eigenvalue weighted by Gasteiger charge is 2.30. The van der Waals surface area contributed by atoms with Crippen molar-refractivity contribution >= 4 is 41.5 Å². The van der Waals surface area contributed by atoms with E-state index in [4.69, 9.17) is 17.3 Å². The van der Waals surface area contributed by atoms with Crippen LogP contribution in [0.15, 0.2) is 18.2 Å². The molecule has 28 heavy (non-hydrogen) atoms. The van der Waals surface area contributed by atoms with E-state index in [9.17, 15) is 19.7 Å². The number of rotatable bonds is 8. The van der Waals surface area contributed by atoms with E-state index >= 15 is 0 Å². The quantitative estimate of drug-likeness (QED) is 0.481. The molecule has 1 unspecified atom stereocenters. The minimum absolute atomic E-state index is 0. The number of nitro benzene ring substituents is 1. The van der Waals surface area contributed by atoms with Crippen LogP contribution < -0.4 is 11.1 Å². The standard InChI is InChI=1S/C18H27ClN4O4.ClH/c1-11(2)15(17(25)22(5)10-18(3,4)9-20)21-16(24)13-7-6-12(23(26)27)8-14(13)19;/h6-8,11,15H,9-10,20H2,1-5H3,(H,21,24);1H. The van der Waals surface area contributed by atoms with Crippen LogP contribution in [0.3, 0.4) is 0 Å². The van der Waals surface area contributed by atoms with Crippen molar-refractivity contribution in [3.63, 3.8) is 0 Å². The van der Waals surface area contributed by atoms with E-state index < -0.39 is 16.9 Å². The zero-order chi connectivity index (χ0) is 20.9. The highest BCUT2D eigenvalue weighted by molar-refractivity contribution is 6.34. The zero-order valence-electron chi connectivity index (χ0n) is 16.7. The minimum atomic E-state index is -0.762. The minimum Gasteiger partial charge on any atom is -0.343 e. The second kappa shape index (κ2) is 10.6. The predicted octanol–water partition coefficient (Wildman–Crippen LogP) is 2.87. The van der Waals surface area contributed by atoms with E-state index in [1.807, 2.05) is 27.7 Å². The molecule has 3 N–H and O–H groups in total. The fourth-order valence-corrected chi connectivity index (χ4v) is 2.82. The maximum absolute atomic E-state index is 12.8. The van der Waals surface area contributed by atoms with Gasteiger partial charge in [-0.2, -0.15) is 0 Å². The summed E-state index contributed by atoms with van der Waals surface area (Å²) in [6.07, 6.45) is 0. The summed E-state index contributed by atoms with van der Waals surface area (Å²) in [5.74, 6) is -0.965. The number of likely N-dealkylation sites (N-methyl/N-ethyl adjacent to an activating group) is 1. The van der Waals surface area contributed by atoms with Gasteiger partial charge in [0, 0.05) is 25.7 Å². The molecule has 10 heteroatoms. The molecule has 0 aliphatic carbocycles. The Morgan fingerprint density at radius 3 is 2.36 bits per heavy atom. The van der Waals surface area contributed by atoms with Crippen LogP contribution in [0.5, 0.6) is 0 Å². The zero-order valence-corrected chi connectivity index (χ0v) is 18.3. The number of hydrogen-bond acceptors (Lipinski definition) is 5. The summed E-state index contributed by atoms with van der Waals surface area (Å²) >= 11 is 6.00. The van der Waals surface area contributed by atoms with Crippen LogP contribution in [-0.4, -0.2) is 47.8 Å². The van der Waals surface area contributed by atoms with E-state index in [-0.39, 0.29) is 45.9 Å². The van der Waals surface area contributed by atoms with Crippen LogP contribution in [0.25, 0.3) is 0 Å². The van der Waals surface area contributed by atoms with Gasteiger partial charge in [0.15, 0.2) is 0 Å². The summed E-state index contributed by atoms with van der Waals surface area (Å²) in [5.41, 5.74) is 5.34. The monoisotopic (exact) mass is 434 g/mol. The number of nitro groups is 1. The summed E-state index contributed by atoms with van der Waals surface area (Å²) in [6.45, 7) is 8.42. The smallest absolute Gasteiger partial charge is 0.270 e. The summed E-state index contributed by atoms with van der Waals surface area (Å²) in [7, 11) is 1.67. The first-order chi connectivity index (χ1) is 12.4. The first kappa shape index (κ1) is 26.1. The van der Waals surface area contributed by atoms with Gasteiger partial charge in [-0.15, -0.1) is 12.4 Å². The first-order valence-electron chi connectivity index (χ1n) is 8.59. The van der Waals surface area contributed by atoms with Gasteiger partial charge >= 0.3 is 0 Å². The number of carbonyl (C=O) groups is 2. The Morgan fingerprint density at radius 2 is 1.93 bits per heavy atom. The molecule has 0 fully saturated rings. The Bertz CT molecular complexity index is 726. The third kappa shape index (κ3) is 6.92. The highest BCUT2D eigenvalue weighted by atomic mass is 35.5. The SMILES string of the molecule is CC(C)C(NC(=O)c1ccc([N+](=O)[O-])cc1Cl)C(=O)N(C)CC(C)(C)CN.Cl. The predicted molar refractivity (Wildman–Crippen MR) is 112 cm³/mol. The van der Waals surface area contributed by atoms with Crippen LogP contribution >= 0.6 is 24.0 Å². The van der Waals surface area contributed by atoms with Gasteiger partial charge in [-0.25, -0.2) is 0 Å². The van der Waals surface area contributed by atoms with Crippen molar-refractivity contribution in [1.82, 2.24) is 10.2 Å². The molecule has 0 aliphatic heterocycles. The molecule has 1 rings (SSSR count). The number of nitrogens with two attached hydrogens (primary N) is 1. The largest absolute Gasteiger partial charge is 0.343 e. The molecule has 0 heterocycles. The lowest BCUT2D eigenvalue weighted by Crippen LogP contribution is -2.52. The van der Waals surface area contributed by atoms with E-state index in [0.717, 1.165) is 6.07 Å². The van der Waals surface area contributed by atoms with Crippen LogP contribution in [0, 0.1) is 21.4 Å². The summed E-state index contributed by atoms with van der Waals surface area (Å²) < 4.78 is 0. The number of nitrogens with one attached hydrogen (secondary N) is 1. The Balaban J connectivity index is 0.00000729. The highest BCUT2D eigenvalue weighted by Crippen LogP contribution is 2.23. The molecule has 1 aromatic carbocycles. The maximum atomic E-state index is 12.8. The van der Waals surface area contributed by atoms with Crippen LogP contribution in [0.4, 0.5) is 5.69 Å². The second-order valence-electron chi connectivity index (χ2n) is 7.68. The molecular weight excluding hydrogens is 407 g/mol. The van der Waals surface area contributed by atoms with E-state index in [2.05, 4.69) is 5.32 Å². The number of nitrogens with zero attached hydrogens (tertiary/aromatic N) is 2. The van der Waals surface area contributed by atoms with Gasteiger partial charge in [0.25, 0.3) is 11.6 Å². The molecule has 0 bridgehead atoms. The number of carbonyl (C=O) groups excluding carboxylic acids is 2. The van der Waals surface area contributed by atoms with Gasteiger partial charge in [0.1, 0.15) is 6.04 Å². The first-order valence-corrected chi connectivity index (χ1v) is 8.97. The molecule has 0 saturated carbocycles. The topological polar surface area (TPSA) is 119 Å². The van der Waals surface area contributed by atoms with Gasteiger partial charge < -0.3 is 16.0 Å². The van der Waals surface area contributed by atoms with Gasteiger partial charge in [-0.3, -0.25) is 19.7 Å². The molecule has 0 saturated heterocycles. The molecule has 8 nitrogen and oxygen atoms in total. The number of hydrogen-bond donors (Lipinski definition) is 2. The van der Waals surface area contributed by atoms with E-state index in [1.165, 1.54) is 12.1 Å². The Kier molecular flexibility index (Phi) is 9.87. The van der Waals surface area contributed by atoms with Crippen molar-refractivity contribution in [2.75, 3.05) is 20.1 Å². The molecule has 1 aromatic rings. The van der Waals surface area contributed by atoms with Crippen molar-refractivity contribution in [3.05, 3.63) is 38.9 Å². The van der Waals surface area contributed by atoms with Gasteiger partial charge in [0.2, 0.25) is 5.91 Å². The number of halogens is 2. The fourth-order valence-electron chi connectivity index (χ4n) is 2.56. The normalized spacial score (nSPS) is 12.1. The summed E-state index contributed by atoms with van der Waals surface area (Å²) in [6, 6.07) is 2.82. The molecule has 158 valence electrons.